The maximum Gasteiger partial charge on any atom is 0.318 e. The van der Waals surface area contributed by atoms with E-state index in [2.05, 4.69) is 5.32 Å². The number of hydrogen-bond donors (Lipinski definition) is 1. The van der Waals surface area contributed by atoms with Crippen LogP contribution in [0.1, 0.15) is 51.4 Å². The Morgan fingerprint density at radius 2 is 1.46 bits per heavy atom. The Hall–Kier alpha value is -1.98. The largest absolute Gasteiger partial charge is 0.393 e. The molecular weight excluding hydrogens is 358 g/mol. The predicted octanol–water partition coefficient (Wildman–Crippen LogP) is 2.13. The van der Waals surface area contributed by atoms with Gasteiger partial charge in [0.2, 0.25) is 11.8 Å². The minimum Gasteiger partial charge on any atom is -0.393 e. The number of ether oxygens (including phenoxy) is 1. The molecule has 1 N–H and O–H groups in total. The number of carbonyl (C=O) groups excluding carboxylic acids is 4. The van der Waals surface area contributed by atoms with E-state index in [1.54, 1.807) is 0 Å². The van der Waals surface area contributed by atoms with Crippen LogP contribution in [0, 0.1) is 47.3 Å². The van der Waals surface area contributed by atoms with Gasteiger partial charge >= 0.3 is 11.9 Å². The summed E-state index contributed by atoms with van der Waals surface area (Å²) < 4.78 is 5.09. The van der Waals surface area contributed by atoms with E-state index in [1.165, 1.54) is 30.4 Å². The van der Waals surface area contributed by atoms with Gasteiger partial charge in [0.05, 0.1) is 23.7 Å². The fourth-order valence-corrected chi connectivity index (χ4v) is 7.75. The zero-order chi connectivity index (χ0) is 19.2. The number of imide groups is 1. The molecule has 7 rings (SSSR count). The zero-order valence-electron chi connectivity index (χ0n) is 15.8. The SMILES string of the molecule is O=C1OC(=O)C2C1CC(C1CCCCC1)=C1C3CCC(C4C(=O)NC(=O)C34)C12. The van der Waals surface area contributed by atoms with Gasteiger partial charge in [-0.15, -0.1) is 0 Å². The molecule has 0 aromatic carbocycles. The van der Waals surface area contributed by atoms with Gasteiger partial charge in [0.25, 0.3) is 0 Å². The van der Waals surface area contributed by atoms with Gasteiger partial charge in [-0.05, 0) is 55.8 Å². The number of nitrogens with one attached hydrogen (secondary N) is 1. The number of carbonyl (C=O) groups is 4. The summed E-state index contributed by atoms with van der Waals surface area (Å²) in [4.78, 5) is 50.3. The summed E-state index contributed by atoms with van der Waals surface area (Å²) in [5.74, 6) is -2.18. The monoisotopic (exact) mass is 383 g/mol. The van der Waals surface area contributed by atoms with Crippen LogP contribution in [0.15, 0.2) is 11.1 Å². The number of cyclic esters (lactones) is 2. The van der Waals surface area contributed by atoms with Crippen molar-refractivity contribution in [2.24, 2.45) is 47.3 Å². The molecule has 6 nitrogen and oxygen atoms in total. The molecule has 2 heterocycles. The molecule has 0 spiro atoms. The molecule has 0 radical (unpaired) electrons. The second-order valence-corrected chi connectivity index (χ2v) is 9.67. The Morgan fingerprint density at radius 1 is 0.714 bits per heavy atom. The second-order valence-electron chi connectivity index (χ2n) is 9.67. The van der Waals surface area contributed by atoms with E-state index in [4.69, 9.17) is 4.74 Å². The zero-order valence-corrected chi connectivity index (χ0v) is 15.8. The molecule has 2 bridgehead atoms. The summed E-state index contributed by atoms with van der Waals surface area (Å²) in [6.07, 6.45) is 8.28. The fraction of sp³-hybridized carbons (Fsp3) is 0.727. The fourth-order valence-electron chi connectivity index (χ4n) is 7.75. The lowest BCUT2D eigenvalue weighted by molar-refractivity contribution is -0.154. The molecular formula is C22H25NO5. The van der Waals surface area contributed by atoms with Crippen LogP contribution in [0.3, 0.4) is 0 Å². The first-order chi connectivity index (χ1) is 13.6. The van der Waals surface area contributed by atoms with E-state index >= 15 is 0 Å². The molecule has 4 saturated carbocycles. The van der Waals surface area contributed by atoms with Crippen molar-refractivity contribution in [2.45, 2.75) is 51.4 Å². The van der Waals surface area contributed by atoms with Crippen LogP contribution in [0.5, 0.6) is 0 Å². The van der Waals surface area contributed by atoms with Gasteiger partial charge in [-0.3, -0.25) is 24.5 Å². The molecule has 7 unspecified atom stereocenters. The van der Waals surface area contributed by atoms with Crippen molar-refractivity contribution in [2.75, 3.05) is 0 Å². The van der Waals surface area contributed by atoms with E-state index in [-0.39, 0.29) is 47.4 Å². The number of rotatable bonds is 1. The Bertz CT molecular complexity index is 838. The van der Waals surface area contributed by atoms with E-state index in [0.29, 0.717) is 12.3 Å². The second kappa shape index (κ2) is 5.77. The lowest BCUT2D eigenvalue weighted by atomic mass is 9.46. The van der Waals surface area contributed by atoms with Crippen LogP contribution in [0.25, 0.3) is 0 Å². The molecule has 2 saturated heterocycles. The average molecular weight is 383 g/mol. The van der Waals surface area contributed by atoms with Crippen LogP contribution in [0.4, 0.5) is 0 Å². The van der Waals surface area contributed by atoms with Crippen molar-refractivity contribution >= 4 is 23.8 Å². The third kappa shape index (κ3) is 2.04. The van der Waals surface area contributed by atoms with Crippen molar-refractivity contribution < 1.29 is 23.9 Å². The van der Waals surface area contributed by atoms with Crippen LogP contribution in [-0.4, -0.2) is 23.8 Å². The minimum absolute atomic E-state index is 0.0266. The predicted molar refractivity (Wildman–Crippen MR) is 96.1 cm³/mol. The highest BCUT2D eigenvalue weighted by molar-refractivity contribution is 6.06. The molecule has 2 amide bonds. The first-order valence-corrected chi connectivity index (χ1v) is 10.9. The smallest absolute Gasteiger partial charge is 0.318 e. The standard InChI is InChI=1S/C22H25NO5/c24-19-16-10-6-7-11(17(16)20(25)23-19)15-14(10)12(9-4-2-1-3-5-9)8-13-18(15)22(27)28-21(13)26/h9-11,13,15-18H,1-8H2,(H,23,24,25). The summed E-state index contributed by atoms with van der Waals surface area (Å²) in [6, 6.07) is 0. The molecule has 2 aliphatic heterocycles. The third-order valence-electron chi connectivity index (χ3n) is 8.67. The summed E-state index contributed by atoms with van der Waals surface area (Å²) in [7, 11) is 0. The van der Waals surface area contributed by atoms with Crippen molar-refractivity contribution in [3.8, 4) is 0 Å². The summed E-state index contributed by atoms with van der Waals surface area (Å²) in [6.45, 7) is 0. The highest BCUT2D eigenvalue weighted by atomic mass is 16.6. The molecule has 28 heavy (non-hydrogen) atoms. The Kier molecular flexibility index (Phi) is 3.49. The molecule has 7 atom stereocenters. The van der Waals surface area contributed by atoms with Crippen molar-refractivity contribution in [1.82, 2.24) is 5.32 Å². The lowest BCUT2D eigenvalue weighted by Crippen LogP contribution is -2.54. The van der Waals surface area contributed by atoms with Crippen LogP contribution in [0.2, 0.25) is 0 Å². The highest BCUT2D eigenvalue weighted by Gasteiger charge is 2.66. The Morgan fingerprint density at radius 3 is 2.25 bits per heavy atom. The van der Waals surface area contributed by atoms with Gasteiger partial charge in [-0.1, -0.05) is 30.4 Å². The van der Waals surface area contributed by atoms with Crippen molar-refractivity contribution in [3.05, 3.63) is 11.1 Å². The average Bonchev–Trinajstić information content (AvgIpc) is 3.18. The van der Waals surface area contributed by atoms with Gasteiger partial charge in [0, 0.05) is 0 Å². The quantitative estimate of drug-likeness (QED) is 0.324. The summed E-state index contributed by atoms with van der Waals surface area (Å²) >= 11 is 0. The first-order valence-electron chi connectivity index (χ1n) is 10.9. The van der Waals surface area contributed by atoms with Crippen molar-refractivity contribution in [3.63, 3.8) is 0 Å². The highest BCUT2D eigenvalue weighted by Crippen LogP contribution is 2.64. The van der Waals surface area contributed by atoms with E-state index in [1.807, 2.05) is 0 Å². The van der Waals surface area contributed by atoms with Gasteiger partial charge in [0.15, 0.2) is 0 Å². The Labute approximate surface area is 163 Å². The number of esters is 2. The minimum atomic E-state index is -0.452. The van der Waals surface area contributed by atoms with Crippen LogP contribution >= 0.6 is 0 Å². The van der Waals surface area contributed by atoms with Gasteiger partial charge in [-0.25, -0.2) is 0 Å². The number of hydrogen-bond acceptors (Lipinski definition) is 5. The molecule has 5 aliphatic carbocycles. The first kappa shape index (κ1) is 16.9. The summed E-state index contributed by atoms with van der Waals surface area (Å²) in [5, 5.41) is 2.56. The molecule has 0 aromatic heterocycles. The van der Waals surface area contributed by atoms with Crippen LogP contribution < -0.4 is 5.32 Å². The molecule has 0 aromatic rings. The molecule has 7 aliphatic rings. The molecule has 6 heteroatoms. The maximum absolute atomic E-state index is 12.6. The summed E-state index contributed by atoms with van der Waals surface area (Å²) in [5.41, 5.74) is 2.63. The Balaban J connectivity index is 1.52. The van der Waals surface area contributed by atoms with E-state index in [9.17, 15) is 19.2 Å². The third-order valence-corrected chi connectivity index (χ3v) is 8.67. The molecule has 6 fully saturated rings. The van der Waals surface area contributed by atoms with E-state index in [0.717, 1.165) is 25.7 Å². The number of amides is 2. The van der Waals surface area contributed by atoms with Crippen molar-refractivity contribution in [1.29, 1.82) is 0 Å². The van der Waals surface area contributed by atoms with E-state index < -0.39 is 17.8 Å². The van der Waals surface area contributed by atoms with Gasteiger partial charge < -0.3 is 4.74 Å². The topological polar surface area (TPSA) is 89.5 Å². The lowest BCUT2D eigenvalue weighted by Gasteiger charge is -2.55. The number of fused-ring (bicyclic) bond motifs is 2. The molecule has 148 valence electrons. The van der Waals surface area contributed by atoms with Crippen LogP contribution in [-0.2, 0) is 23.9 Å². The number of allylic oxidation sites excluding steroid dienone is 2. The normalized spacial score (nSPS) is 44.9. The van der Waals surface area contributed by atoms with Gasteiger partial charge in [0.1, 0.15) is 0 Å². The maximum atomic E-state index is 12.6. The van der Waals surface area contributed by atoms with Gasteiger partial charge in [-0.2, -0.15) is 0 Å².